The van der Waals surface area contributed by atoms with Crippen LogP contribution in [-0.4, -0.2) is 21.1 Å². The molecule has 2 aromatic rings. The van der Waals surface area contributed by atoms with Crippen LogP contribution in [0, 0.1) is 0 Å². The van der Waals surface area contributed by atoms with Crippen molar-refractivity contribution in [1.29, 1.82) is 0 Å². The standard InChI is InChI=1S/C8H7N3O/c1-11-4-6-2-7(5-12)9-3-8(6)10-11/h2-5H,1H3. The van der Waals surface area contributed by atoms with Crippen LogP contribution in [0.1, 0.15) is 10.5 Å². The largest absolute Gasteiger partial charge is 0.296 e. The van der Waals surface area contributed by atoms with Crippen LogP contribution in [0.5, 0.6) is 0 Å². The van der Waals surface area contributed by atoms with Gasteiger partial charge in [0.05, 0.1) is 6.20 Å². The highest BCUT2D eigenvalue weighted by molar-refractivity contribution is 5.83. The summed E-state index contributed by atoms with van der Waals surface area (Å²) in [5.41, 5.74) is 1.25. The fourth-order valence-corrected chi connectivity index (χ4v) is 1.13. The molecule has 0 amide bonds. The van der Waals surface area contributed by atoms with Gasteiger partial charge in [-0.25, -0.2) is 0 Å². The number of fused-ring (bicyclic) bond motifs is 1. The van der Waals surface area contributed by atoms with Crippen LogP contribution in [0.15, 0.2) is 18.5 Å². The predicted octanol–water partition coefficient (Wildman–Crippen LogP) is 0.781. The van der Waals surface area contributed by atoms with E-state index in [0.29, 0.717) is 5.69 Å². The molecule has 0 aromatic carbocycles. The fraction of sp³-hybridized carbons (Fsp3) is 0.125. The van der Waals surface area contributed by atoms with Gasteiger partial charge in [0.2, 0.25) is 0 Å². The lowest BCUT2D eigenvalue weighted by Crippen LogP contribution is -1.85. The number of carbonyl (C=O) groups is 1. The van der Waals surface area contributed by atoms with Crippen molar-refractivity contribution in [3.05, 3.63) is 24.2 Å². The monoisotopic (exact) mass is 161 g/mol. The molecule has 0 unspecified atom stereocenters. The maximum atomic E-state index is 10.4. The average Bonchev–Trinajstić information content (AvgIpc) is 2.43. The van der Waals surface area contributed by atoms with E-state index in [9.17, 15) is 4.79 Å². The number of aryl methyl sites for hydroxylation is 1. The molecule has 0 bridgehead atoms. The number of aldehydes is 1. The second-order valence-electron chi connectivity index (χ2n) is 2.59. The third kappa shape index (κ3) is 0.972. The lowest BCUT2D eigenvalue weighted by atomic mass is 10.3. The number of carbonyl (C=O) groups excluding carboxylic acids is 1. The molecule has 0 aliphatic heterocycles. The first kappa shape index (κ1) is 6.97. The molecule has 0 spiro atoms. The van der Waals surface area contributed by atoms with Gasteiger partial charge in [-0.3, -0.25) is 14.5 Å². The first-order valence-electron chi connectivity index (χ1n) is 3.54. The first-order valence-corrected chi connectivity index (χ1v) is 3.54. The van der Waals surface area contributed by atoms with Crippen LogP contribution < -0.4 is 0 Å². The van der Waals surface area contributed by atoms with E-state index in [4.69, 9.17) is 0 Å². The zero-order chi connectivity index (χ0) is 8.55. The number of hydrogen-bond acceptors (Lipinski definition) is 3. The Morgan fingerprint density at radius 1 is 1.58 bits per heavy atom. The van der Waals surface area contributed by atoms with Gasteiger partial charge < -0.3 is 0 Å². The second-order valence-corrected chi connectivity index (χ2v) is 2.59. The summed E-state index contributed by atoms with van der Waals surface area (Å²) in [6.45, 7) is 0. The number of aromatic nitrogens is 3. The van der Waals surface area contributed by atoms with Gasteiger partial charge >= 0.3 is 0 Å². The molecule has 0 atom stereocenters. The molecule has 2 rings (SSSR count). The summed E-state index contributed by atoms with van der Waals surface area (Å²) in [4.78, 5) is 14.3. The van der Waals surface area contributed by atoms with Crippen molar-refractivity contribution >= 4 is 17.2 Å². The van der Waals surface area contributed by atoms with Gasteiger partial charge in [-0.2, -0.15) is 5.10 Å². The van der Waals surface area contributed by atoms with Crippen molar-refractivity contribution < 1.29 is 4.79 Å². The molecule has 4 heteroatoms. The van der Waals surface area contributed by atoms with Crippen LogP contribution >= 0.6 is 0 Å². The van der Waals surface area contributed by atoms with E-state index in [-0.39, 0.29) is 0 Å². The molecule has 2 aromatic heterocycles. The molecule has 4 nitrogen and oxygen atoms in total. The molecule has 0 fully saturated rings. The van der Waals surface area contributed by atoms with Gasteiger partial charge in [0, 0.05) is 18.6 Å². The molecule has 0 aliphatic carbocycles. The van der Waals surface area contributed by atoms with Crippen LogP contribution in [0.3, 0.4) is 0 Å². The SMILES string of the molecule is Cn1cc2cc(C=O)ncc2n1. The summed E-state index contributed by atoms with van der Waals surface area (Å²) < 4.78 is 1.70. The van der Waals surface area contributed by atoms with E-state index in [0.717, 1.165) is 17.2 Å². The Bertz CT molecular complexity index is 433. The topological polar surface area (TPSA) is 47.8 Å². The van der Waals surface area contributed by atoms with Crippen LogP contribution in [0.25, 0.3) is 10.9 Å². The maximum absolute atomic E-state index is 10.4. The Morgan fingerprint density at radius 3 is 3.17 bits per heavy atom. The van der Waals surface area contributed by atoms with Gasteiger partial charge in [0.1, 0.15) is 11.2 Å². The maximum Gasteiger partial charge on any atom is 0.168 e. The minimum absolute atomic E-state index is 0.440. The number of hydrogen-bond donors (Lipinski definition) is 0. The highest BCUT2D eigenvalue weighted by Gasteiger charge is 1.99. The van der Waals surface area contributed by atoms with Crippen LogP contribution in [0.2, 0.25) is 0 Å². The van der Waals surface area contributed by atoms with Gasteiger partial charge in [0.25, 0.3) is 0 Å². The molecule has 0 radical (unpaired) electrons. The van der Waals surface area contributed by atoms with E-state index in [1.165, 1.54) is 0 Å². The number of pyridine rings is 1. The van der Waals surface area contributed by atoms with Crippen molar-refractivity contribution in [3.63, 3.8) is 0 Å². The van der Waals surface area contributed by atoms with Crippen molar-refractivity contribution in [1.82, 2.24) is 14.8 Å². The predicted molar refractivity (Wildman–Crippen MR) is 43.9 cm³/mol. The second kappa shape index (κ2) is 2.41. The molecule has 2 heterocycles. The molecule has 60 valence electrons. The van der Waals surface area contributed by atoms with Gasteiger partial charge in [-0.1, -0.05) is 0 Å². The average molecular weight is 161 g/mol. The van der Waals surface area contributed by atoms with E-state index < -0.39 is 0 Å². The molecule has 12 heavy (non-hydrogen) atoms. The normalized spacial score (nSPS) is 10.4. The summed E-state index contributed by atoms with van der Waals surface area (Å²) in [5.74, 6) is 0. The van der Waals surface area contributed by atoms with Crippen molar-refractivity contribution in [3.8, 4) is 0 Å². The highest BCUT2D eigenvalue weighted by atomic mass is 16.1. The van der Waals surface area contributed by atoms with Crippen molar-refractivity contribution in [2.24, 2.45) is 7.05 Å². The Hall–Kier alpha value is -1.71. The minimum atomic E-state index is 0.440. The highest BCUT2D eigenvalue weighted by Crippen LogP contribution is 2.09. The van der Waals surface area contributed by atoms with Crippen molar-refractivity contribution in [2.75, 3.05) is 0 Å². The lowest BCUT2D eigenvalue weighted by molar-refractivity contribution is 0.111. The Balaban J connectivity index is 2.74. The van der Waals surface area contributed by atoms with Crippen molar-refractivity contribution in [2.45, 2.75) is 0 Å². The molecule has 0 saturated carbocycles. The number of nitrogens with zero attached hydrogens (tertiary/aromatic N) is 3. The van der Waals surface area contributed by atoms with Gasteiger partial charge in [-0.15, -0.1) is 0 Å². The molecule has 0 aliphatic rings. The zero-order valence-corrected chi connectivity index (χ0v) is 6.56. The summed E-state index contributed by atoms with van der Waals surface area (Å²) in [6, 6.07) is 1.72. The number of rotatable bonds is 1. The summed E-state index contributed by atoms with van der Waals surface area (Å²) in [6.07, 6.45) is 4.18. The van der Waals surface area contributed by atoms with E-state index in [1.807, 2.05) is 13.2 Å². The van der Waals surface area contributed by atoms with Gasteiger partial charge in [-0.05, 0) is 6.07 Å². The molecular weight excluding hydrogens is 154 g/mol. The van der Waals surface area contributed by atoms with E-state index in [2.05, 4.69) is 10.1 Å². The quantitative estimate of drug-likeness (QED) is 0.580. The third-order valence-electron chi connectivity index (χ3n) is 1.65. The summed E-state index contributed by atoms with van der Waals surface area (Å²) in [7, 11) is 1.83. The van der Waals surface area contributed by atoms with E-state index >= 15 is 0 Å². The summed E-state index contributed by atoms with van der Waals surface area (Å²) in [5, 5.41) is 5.07. The molecular formula is C8H7N3O. The third-order valence-corrected chi connectivity index (χ3v) is 1.65. The lowest BCUT2D eigenvalue weighted by Gasteiger charge is -1.87. The van der Waals surface area contributed by atoms with Crippen LogP contribution in [-0.2, 0) is 7.05 Å². The van der Waals surface area contributed by atoms with Crippen LogP contribution in [0.4, 0.5) is 0 Å². The smallest absolute Gasteiger partial charge is 0.168 e. The van der Waals surface area contributed by atoms with E-state index in [1.54, 1.807) is 16.9 Å². The Morgan fingerprint density at radius 2 is 2.42 bits per heavy atom. The summed E-state index contributed by atoms with van der Waals surface area (Å²) >= 11 is 0. The molecule has 0 saturated heterocycles. The molecule has 0 N–H and O–H groups in total. The Labute approximate surface area is 68.8 Å². The first-order chi connectivity index (χ1) is 5.79. The fourth-order valence-electron chi connectivity index (χ4n) is 1.13. The zero-order valence-electron chi connectivity index (χ0n) is 6.56. The Kier molecular flexibility index (Phi) is 1.40. The minimum Gasteiger partial charge on any atom is -0.296 e. The van der Waals surface area contributed by atoms with Gasteiger partial charge in [0.15, 0.2) is 6.29 Å².